The van der Waals surface area contributed by atoms with Crippen LogP contribution in [-0.2, 0) is 32.7 Å². The molecule has 0 bridgehead atoms. The Balaban J connectivity index is 4.52. The number of carbonyl (C=O) groups excluding carboxylic acids is 2. The van der Waals surface area contributed by atoms with E-state index in [1.54, 1.807) is 0 Å². The minimum absolute atomic E-state index is 0.0503. The van der Waals surface area contributed by atoms with E-state index in [1.165, 1.54) is 96.3 Å². The van der Waals surface area contributed by atoms with Gasteiger partial charge in [-0.25, -0.2) is 0 Å². The second-order valence-electron chi connectivity index (χ2n) is 15.9. The van der Waals surface area contributed by atoms with Gasteiger partial charge in [0.1, 0.15) is 19.8 Å². The quantitative estimate of drug-likeness (QED) is 0.0161. The normalized spacial score (nSPS) is 14.5. The molecule has 0 heterocycles. The predicted octanol–water partition coefficient (Wildman–Crippen LogP) is 10.5. The van der Waals surface area contributed by atoms with Crippen molar-refractivity contribution in [2.24, 2.45) is 0 Å². The first kappa shape index (κ1) is 53.2. The van der Waals surface area contributed by atoms with E-state index in [9.17, 15) is 24.2 Å². The molecule has 0 saturated heterocycles. The molecule has 0 aromatic heterocycles. The lowest BCUT2D eigenvalue weighted by Gasteiger charge is -2.28. The number of ether oxygens (including phenoxy) is 2. The fraction of sp³-hybridized carbons (Fsp3) is 0.818. The first-order valence-electron chi connectivity index (χ1n) is 21.8. The molecule has 322 valence electrons. The highest BCUT2D eigenvalue weighted by molar-refractivity contribution is 7.45. The van der Waals surface area contributed by atoms with Gasteiger partial charge in [-0.05, 0) is 32.1 Å². The van der Waals surface area contributed by atoms with Crippen molar-refractivity contribution < 1.29 is 47.2 Å². The summed E-state index contributed by atoms with van der Waals surface area (Å²) in [5, 5.41) is 10.1. The molecule has 3 atom stereocenters. The van der Waals surface area contributed by atoms with E-state index >= 15 is 0 Å². The molecule has 0 rings (SSSR count). The number of nitrogens with zero attached hydrogens (tertiary/aromatic N) is 1. The van der Waals surface area contributed by atoms with E-state index in [4.69, 9.17) is 18.5 Å². The van der Waals surface area contributed by atoms with Crippen molar-refractivity contribution in [1.82, 2.24) is 0 Å². The molecule has 0 aromatic rings. The lowest BCUT2D eigenvalue weighted by Crippen LogP contribution is -2.37. The van der Waals surface area contributed by atoms with Gasteiger partial charge in [-0.2, -0.15) is 0 Å². The molecule has 10 nitrogen and oxygen atoms in total. The molecule has 0 aliphatic heterocycles. The van der Waals surface area contributed by atoms with Gasteiger partial charge < -0.3 is 33.0 Å². The summed E-state index contributed by atoms with van der Waals surface area (Å²) in [5.74, 6) is -0.932. The van der Waals surface area contributed by atoms with Crippen molar-refractivity contribution in [1.29, 1.82) is 0 Å². The van der Waals surface area contributed by atoms with Crippen LogP contribution in [0.5, 0.6) is 0 Å². The van der Waals surface area contributed by atoms with E-state index in [2.05, 4.69) is 13.8 Å². The van der Waals surface area contributed by atoms with Gasteiger partial charge in [0.05, 0.1) is 33.9 Å². The highest BCUT2D eigenvalue weighted by atomic mass is 31.2. The van der Waals surface area contributed by atoms with Crippen LogP contribution in [0.3, 0.4) is 0 Å². The Kier molecular flexibility index (Phi) is 35.3. The number of quaternary nitrogens is 1. The topological polar surface area (TPSA) is 131 Å². The first-order valence-corrected chi connectivity index (χ1v) is 23.3. The Labute approximate surface area is 336 Å². The molecular weight excluding hydrogens is 717 g/mol. The summed E-state index contributed by atoms with van der Waals surface area (Å²) in [6.45, 7) is 4.06. The van der Waals surface area contributed by atoms with Gasteiger partial charge in [-0.1, -0.05) is 166 Å². The molecule has 0 aliphatic rings. The van der Waals surface area contributed by atoms with Crippen molar-refractivity contribution in [2.45, 2.75) is 187 Å². The minimum atomic E-state index is -4.65. The van der Waals surface area contributed by atoms with E-state index in [0.29, 0.717) is 23.9 Å². The third-order valence-corrected chi connectivity index (χ3v) is 10.2. The summed E-state index contributed by atoms with van der Waals surface area (Å²) in [5.41, 5.74) is 0. The summed E-state index contributed by atoms with van der Waals surface area (Å²) in [4.78, 5) is 37.5. The molecule has 0 saturated carbocycles. The number of esters is 2. The van der Waals surface area contributed by atoms with Gasteiger partial charge in [0.15, 0.2) is 6.10 Å². The highest BCUT2D eigenvalue weighted by Gasteiger charge is 2.21. The molecule has 3 unspecified atom stereocenters. The Morgan fingerprint density at radius 3 is 1.80 bits per heavy atom. The molecule has 55 heavy (non-hydrogen) atoms. The van der Waals surface area contributed by atoms with E-state index in [0.717, 1.165) is 38.5 Å². The molecule has 1 N–H and O–H groups in total. The highest BCUT2D eigenvalue weighted by Crippen LogP contribution is 2.38. The fourth-order valence-corrected chi connectivity index (χ4v) is 6.51. The Hall–Kier alpha value is -1.81. The number of unbranched alkanes of at least 4 members (excludes halogenated alkanes) is 18. The third-order valence-electron chi connectivity index (χ3n) is 9.27. The number of phosphoric ester groups is 1. The number of hydrogen-bond acceptors (Lipinski definition) is 9. The van der Waals surface area contributed by atoms with E-state index < -0.39 is 38.6 Å². The average molecular weight is 800 g/mol. The van der Waals surface area contributed by atoms with E-state index in [-0.39, 0.29) is 26.1 Å². The van der Waals surface area contributed by atoms with Crippen LogP contribution in [0, 0.1) is 0 Å². The SMILES string of the molecule is CCCCCCCCCCCCCCCC(=O)OCC(COP(=O)([O-])OCC[N+](C)(C)C)OC(=O)CCC/C=C\C/C=C\C=C/C(O)CCCCCCCC. The molecule has 11 heteroatoms. The number of allylic oxidation sites excluding steroid dienone is 5. The standard InChI is InChI=1S/C44H82NO9P/c1-6-8-10-12-14-15-16-17-18-19-23-27-31-35-43(47)51-39-42(40-53-55(49,50)52-38-37-45(3,4)5)54-44(48)36-32-28-24-21-20-22-26-30-34-41(46)33-29-25-13-11-9-7-2/h21-22,24,26,30,34,41-42,46H,6-20,23,25,27-29,31-33,35-40H2,1-5H3/b24-21-,26-22-,34-30-. The maximum absolute atomic E-state index is 12.6. The smallest absolute Gasteiger partial charge is 0.306 e. The van der Waals surface area contributed by atoms with Crippen LogP contribution in [0.1, 0.15) is 174 Å². The van der Waals surface area contributed by atoms with Crippen molar-refractivity contribution in [2.75, 3.05) is 47.5 Å². The Morgan fingerprint density at radius 2 is 1.22 bits per heavy atom. The van der Waals surface area contributed by atoms with Gasteiger partial charge in [-0.3, -0.25) is 14.2 Å². The van der Waals surface area contributed by atoms with Gasteiger partial charge in [0.25, 0.3) is 7.82 Å². The van der Waals surface area contributed by atoms with Crippen molar-refractivity contribution in [3.05, 3.63) is 36.5 Å². The van der Waals surface area contributed by atoms with Crippen LogP contribution in [0.25, 0.3) is 0 Å². The predicted molar refractivity (Wildman–Crippen MR) is 223 cm³/mol. The molecule has 0 amide bonds. The average Bonchev–Trinajstić information content (AvgIpc) is 3.13. The molecule has 0 aliphatic carbocycles. The number of phosphoric acid groups is 1. The van der Waals surface area contributed by atoms with Gasteiger partial charge >= 0.3 is 11.9 Å². The molecular formula is C44H82NO9P. The zero-order chi connectivity index (χ0) is 40.9. The van der Waals surface area contributed by atoms with E-state index in [1.807, 2.05) is 57.6 Å². The number of likely N-dealkylation sites (N-methyl/N-ethyl adjacent to an activating group) is 1. The van der Waals surface area contributed by atoms with Crippen molar-refractivity contribution >= 4 is 19.8 Å². The zero-order valence-electron chi connectivity index (χ0n) is 35.7. The fourth-order valence-electron chi connectivity index (χ4n) is 5.78. The van der Waals surface area contributed by atoms with Crippen LogP contribution in [0.2, 0.25) is 0 Å². The maximum Gasteiger partial charge on any atom is 0.306 e. The monoisotopic (exact) mass is 800 g/mol. The van der Waals surface area contributed by atoms with Crippen molar-refractivity contribution in [3.63, 3.8) is 0 Å². The van der Waals surface area contributed by atoms with Crippen LogP contribution in [0.15, 0.2) is 36.5 Å². The van der Waals surface area contributed by atoms with Gasteiger partial charge in [0.2, 0.25) is 0 Å². The van der Waals surface area contributed by atoms with Crippen LogP contribution in [0.4, 0.5) is 0 Å². The van der Waals surface area contributed by atoms with Crippen LogP contribution in [-0.4, -0.2) is 81.2 Å². The summed E-state index contributed by atoms with van der Waals surface area (Å²) < 4.78 is 33.8. The molecule has 0 spiro atoms. The number of aliphatic hydroxyl groups is 1. The zero-order valence-corrected chi connectivity index (χ0v) is 36.6. The lowest BCUT2D eigenvalue weighted by molar-refractivity contribution is -0.870. The second kappa shape index (κ2) is 36.5. The first-order chi connectivity index (χ1) is 26.4. The maximum atomic E-state index is 12.6. The largest absolute Gasteiger partial charge is 0.756 e. The third kappa shape index (κ3) is 40.2. The van der Waals surface area contributed by atoms with Crippen LogP contribution >= 0.6 is 7.82 Å². The van der Waals surface area contributed by atoms with Gasteiger partial charge in [-0.15, -0.1) is 0 Å². The Morgan fingerprint density at radius 1 is 0.673 bits per heavy atom. The summed E-state index contributed by atoms with van der Waals surface area (Å²) in [6, 6.07) is 0. The van der Waals surface area contributed by atoms with Crippen LogP contribution < -0.4 is 4.89 Å². The number of hydrogen-bond donors (Lipinski definition) is 1. The summed E-state index contributed by atoms with van der Waals surface area (Å²) >= 11 is 0. The number of carbonyl (C=O) groups is 2. The molecule has 0 fully saturated rings. The summed E-state index contributed by atoms with van der Waals surface area (Å²) in [7, 11) is 1.10. The summed E-state index contributed by atoms with van der Waals surface area (Å²) in [6.07, 6.45) is 36.3. The lowest BCUT2D eigenvalue weighted by atomic mass is 10.0. The van der Waals surface area contributed by atoms with Crippen molar-refractivity contribution in [3.8, 4) is 0 Å². The van der Waals surface area contributed by atoms with Gasteiger partial charge in [0, 0.05) is 12.8 Å². The second-order valence-corrected chi connectivity index (χ2v) is 17.3. The number of aliphatic hydroxyl groups excluding tert-OH is 1. The number of rotatable bonds is 39. The Bertz CT molecular complexity index is 1060. The molecule has 0 aromatic carbocycles. The molecule has 0 radical (unpaired) electrons. The minimum Gasteiger partial charge on any atom is -0.756 e.